The van der Waals surface area contributed by atoms with E-state index in [1.165, 1.54) is 6.92 Å². The molecular formula is C15H20F2O2. The molecule has 19 heavy (non-hydrogen) atoms. The molecule has 1 fully saturated rings. The molecule has 1 aromatic carbocycles. The quantitative estimate of drug-likeness (QED) is 0.887. The lowest BCUT2D eigenvalue weighted by molar-refractivity contribution is -0.0382. The number of halogens is 2. The van der Waals surface area contributed by atoms with Crippen LogP contribution in [0.25, 0.3) is 0 Å². The Morgan fingerprint density at radius 2 is 2.00 bits per heavy atom. The standard InChI is InChI=1S/C15H20F2O2/c1-3-19-11-5-10(6-11)7-15(18)12-8-13(16)9(2)4-14(12)17/h4,8,10-11,15,18H,3,5-7H2,1-2H3. The van der Waals surface area contributed by atoms with E-state index in [1.807, 2.05) is 6.92 Å². The first-order chi connectivity index (χ1) is 9.01. The molecule has 1 aromatic rings. The second-order valence-corrected chi connectivity index (χ2v) is 5.29. The minimum Gasteiger partial charge on any atom is -0.388 e. The highest BCUT2D eigenvalue weighted by molar-refractivity contribution is 5.27. The number of aliphatic hydroxyl groups excluding tert-OH is 1. The number of aliphatic hydroxyl groups is 1. The molecule has 0 bridgehead atoms. The average Bonchev–Trinajstić information content (AvgIpc) is 2.31. The molecule has 0 aliphatic heterocycles. The van der Waals surface area contributed by atoms with E-state index >= 15 is 0 Å². The van der Waals surface area contributed by atoms with E-state index in [2.05, 4.69) is 0 Å². The Morgan fingerprint density at radius 3 is 2.63 bits per heavy atom. The molecule has 1 atom stereocenters. The predicted octanol–water partition coefficient (Wildman–Crippen LogP) is 3.51. The van der Waals surface area contributed by atoms with E-state index in [4.69, 9.17) is 4.74 Å². The van der Waals surface area contributed by atoms with Crippen LogP contribution in [0.2, 0.25) is 0 Å². The van der Waals surface area contributed by atoms with Crippen LogP contribution >= 0.6 is 0 Å². The lowest BCUT2D eigenvalue weighted by atomic mass is 9.78. The summed E-state index contributed by atoms with van der Waals surface area (Å²) in [4.78, 5) is 0. The van der Waals surface area contributed by atoms with Gasteiger partial charge in [0.05, 0.1) is 12.2 Å². The van der Waals surface area contributed by atoms with Crippen LogP contribution in [0.5, 0.6) is 0 Å². The van der Waals surface area contributed by atoms with Crippen LogP contribution in [-0.2, 0) is 4.74 Å². The highest BCUT2D eigenvalue weighted by Gasteiger charge is 2.32. The zero-order valence-corrected chi connectivity index (χ0v) is 11.3. The summed E-state index contributed by atoms with van der Waals surface area (Å²) in [5.41, 5.74) is 0.316. The Kier molecular flexibility index (Phi) is 4.53. The molecule has 0 heterocycles. The molecule has 2 nitrogen and oxygen atoms in total. The molecule has 1 saturated carbocycles. The molecule has 0 aromatic heterocycles. The summed E-state index contributed by atoms with van der Waals surface area (Å²) in [5.74, 6) is -0.682. The molecular weight excluding hydrogens is 250 g/mol. The lowest BCUT2D eigenvalue weighted by Gasteiger charge is -2.36. The van der Waals surface area contributed by atoms with Crippen molar-refractivity contribution < 1.29 is 18.6 Å². The van der Waals surface area contributed by atoms with E-state index in [9.17, 15) is 13.9 Å². The van der Waals surface area contributed by atoms with Crippen LogP contribution in [0.4, 0.5) is 8.78 Å². The van der Waals surface area contributed by atoms with Gasteiger partial charge in [0, 0.05) is 12.2 Å². The van der Waals surface area contributed by atoms with Gasteiger partial charge in [0.2, 0.25) is 0 Å². The number of rotatable bonds is 5. The van der Waals surface area contributed by atoms with Crippen molar-refractivity contribution >= 4 is 0 Å². The monoisotopic (exact) mass is 270 g/mol. The number of ether oxygens (including phenoxy) is 1. The van der Waals surface area contributed by atoms with Crippen LogP contribution < -0.4 is 0 Å². The fraction of sp³-hybridized carbons (Fsp3) is 0.600. The van der Waals surface area contributed by atoms with Gasteiger partial charge in [-0.25, -0.2) is 8.78 Å². The summed E-state index contributed by atoms with van der Waals surface area (Å²) in [6, 6.07) is 2.24. The van der Waals surface area contributed by atoms with Crippen LogP contribution in [-0.4, -0.2) is 17.8 Å². The van der Waals surface area contributed by atoms with Crippen molar-refractivity contribution in [3.8, 4) is 0 Å². The van der Waals surface area contributed by atoms with Crippen molar-refractivity contribution in [3.63, 3.8) is 0 Å². The normalized spacial score (nSPS) is 24.1. The fourth-order valence-corrected chi connectivity index (χ4v) is 2.60. The third-order valence-electron chi connectivity index (χ3n) is 3.79. The van der Waals surface area contributed by atoms with Crippen molar-refractivity contribution in [1.29, 1.82) is 0 Å². The number of aryl methyl sites for hydroxylation is 1. The van der Waals surface area contributed by atoms with Gasteiger partial charge in [-0.3, -0.25) is 0 Å². The topological polar surface area (TPSA) is 29.5 Å². The first-order valence-corrected chi connectivity index (χ1v) is 6.76. The van der Waals surface area contributed by atoms with Gasteiger partial charge in [-0.15, -0.1) is 0 Å². The third kappa shape index (κ3) is 3.31. The van der Waals surface area contributed by atoms with Crippen molar-refractivity contribution in [3.05, 3.63) is 34.9 Å². The van der Waals surface area contributed by atoms with Crippen LogP contribution in [0.1, 0.15) is 43.4 Å². The summed E-state index contributed by atoms with van der Waals surface area (Å²) in [7, 11) is 0. The smallest absolute Gasteiger partial charge is 0.129 e. The molecule has 0 saturated heterocycles. The highest BCUT2D eigenvalue weighted by atomic mass is 19.1. The fourth-order valence-electron chi connectivity index (χ4n) is 2.60. The summed E-state index contributed by atoms with van der Waals surface area (Å²) in [5, 5.41) is 10.0. The van der Waals surface area contributed by atoms with Gasteiger partial charge in [0.15, 0.2) is 0 Å². The molecule has 0 radical (unpaired) electrons. The second kappa shape index (κ2) is 5.97. The van der Waals surface area contributed by atoms with Gasteiger partial charge in [-0.1, -0.05) is 0 Å². The molecule has 1 unspecified atom stereocenters. The van der Waals surface area contributed by atoms with Crippen molar-refractivity contribution in [2.45, 2.75) is 45.3 Å². The van der Waals surface area contributed by atoms with Gasteiger partial charge in [-0.05, 0) is 56.7 Å². The Balaban J connectivity index is 1.94. The van der Waals surface area contributed by atoms with Crippen molar-refractivity contribution in [1.82, 2.24) is 0 Å². The minimum absolute atomic E-state index is 0.0583. The Bertz CT molecular complexity index is 442. The number of hydrogen-bond acceptors (Lipinski definition) is 2. The SMILES string of the molecule is CCOC1CC(CC(O)c2cc(F)c(C)cc2F)C1. The van der Waals surface area contributed by atoms with E-state index in [1.54, 1.807) is 0 Å². The average molecular weight is 270 g/mol. The maximum Gasteiger partial charge on any atom is 0.129 e. The van der Waals surface area contributed by atoms with E-state index in [0.717, 1.165) is 25.0 Å². The highest BCUT2D eigenvalue weighted by Crippen LogP contribution is 2.37. The van der Waals surface area contributed by atoms with E-state index in [-0.39, 0.29) is 17.2 Å². The molecule has 106 valence electrons. The summed E-state index contributed by atoms with van der Waals surface area (Å²) in [6.07, 6.45) is 1.56. The predicted molar refractivity (Wildman–Crippen MR) is 68.8 cm³/mol. The van der Waals surface area contributed by atoms with Crippen molar-refractivity contribution in [2.24, 2.45) is 5.92 Å². The van der Waals surface area contributed by atoms with Crippen LogP contribution in [0.3, 0.4) is 0 Å². The molecule has 4 heteroatoms. The molecule has 0 spiro atoms. The first kappa shape index (κ1) is 14.4. The van der Waals surface area contributed by atoms with Gasteiger partial charge in [0.1, 0.15) is 11.6 Å². The molecule has 0 amide bonds. The van der Waals surface area contributed by atoms with E-state index in [0.29, 0.717) is 18.9 Å². The number of benzene rings is 1. The Hall–Kier alpha value is -1.00. The van der Waals surface area contributed by atoms with Gasteiger partial charge in [-0.2, -0.15) is 0 Å². The zero-order chi connectivity index (χ0) is 14.0. The minimum atomic E-state index is -0.942. The zero-order valence-electron chi connectivity index (χ0n) is 11.3. The largest absolute Gasteiger partial charge is 0.388 e. The summed E-state index contributed by atoms with van der Waals surface area (Å²) in [6.45, 7) is 4.15. The van der Waals surface area contributed by atoms with E-state index < -0.39 is 17.7 Å². The van der Waals surface area contributed by atoms with Gasteiger partial charge < -0.3 is 9.84 Å². The van der Waals surface area contributed by atoms with Gasteiger partial charge in [0.25, 0.3) is 0 Å². The van der Waals surface area contributed by atoms with Gasteiger partial charge >= 0.3 is 0 Å². The van der Waals surface area contributed by atoms with Crippen molar-refractivity contribution in [2.75, 3.05) is 6.61 Å². The first-order valence-electron chi connectivity index (χ1n) is 6.76. The Morgan fingerprint density at radius 1 is 1.32 bits per heavy atom. The molecule has 1 N–H and O–H groups in total. The maximum absolute atomic E-state index is 13.7. The van der Waals surface area contributed by atoms with Crippen LogP contribution in [0.15, 0.2) is 12.1 Å². The number of hydrogen-bond donors (Lipinski definition) is 1. The Labute approximate surface area is 112 Å². The third-order valence-corrected chi connectivity index (χ3v) is 3.79. The molecule has 2 rings (SSSR count). The second-order valence-electron chi connectivity index (χ2n) is 5.29. The summed E-state index contributed by atoms with van der Waals surface area (Å²) >= 11 is 0. The summed E-state index contributed by atoms with van der Waals surface area (Å²) < 4.78 is 32.6. The maximum atomic E-state index is 13.7. The lowest BCUT2D eigenvalue weighted by Crippen LogP contribution is -2.32. The van der Waals surface area contributed by atoms with Crippen LogP contribution in [0, 0.1) is 24.5 Å². The molecule has 1 aliphatic carbocycles. The molecule has 1 aliphatic rings.